The molecule has 0 radical (unpaired) electrons. The average Bonchev–Trinajstić information content (AvgIpc) is 2.28. The van der Waals surface area contributed by atoms with Crippen molar-refractivity contribution in [2.75, 3.05) is 6.61 Å². The number of hydrogen-bond acceptors (Lipinski definition) is 3. The molecule has 2 N–H and O–H groups in total. The summed E-state index contributed by atoms with van der Waals surface area (Å²) in [5, 5.41) is 0. The summed E-state index contributed by atoms with van der Waals surface area (Å²) in [6.07, 6.45) is 0.573. The Morgan fingerprint density at radius 3 is 2.50 bits per heavy atom. The Morgan fingerprint density at radius 2 is 1.94 bits per heavy atom. The Balaban J connectivity index is 2.88. The van der Waals surface area contributed by atoms with Gasteiger partial charge in [0.2, 0.25) is 0 Å². The molecule has 18 heavy (non-hydrogen) atoms. The van der Waals surface area contributed by atoms with Crippen molar-refractivity contribution >= 4 is 27.9 Å². The maximum atomic E-state index is 11.6. The molecule has 0 saturated heterocycles. The molecule has 100 valence electrons. The molecule has 0 bridgehead atoms. The first kappa shape index (κ1) is 15.5. The molecule has 0 aromatic heterocycles. The van der Waals surface area contributed by atoms with Gasteiger partial charge >= 0.3 is 114 Å². The van der Waals surface area contributed by atoms with E-state index >= 15 is 0 Å². The second-order valence-corrected chi connectivity index (χ2v) is 19.9. The third-order valence-electron chi connectivity index (χ3n) is 2.85. The topological polar surface area (TPSA) is 52.3 Å². The Bertz CT molecular complexity index is 413. The van der Waals surface area contributed by atoms with E-state index < -0.39 is 24.4 Å². The molecule has 1 rings (SSSR count). The summed E-state index contributed by atoms with van der Waals surface area (Å²) in [5.41, 5.74) is 7.11. The van der Waals surface area contributed by atoms with Crippen molar-refractivity contribution in [2.45, 2.75) is 34.2 Å². The van der Waals surface area contributed by atoms with Gasteiger partial charge in [-0.1, -0.05) is 0 Å². The minimum absolute atomic E-state index is 0.309. The number of hydrogen-bond donors (Lipinski definition) is 1. The molecule has 4 heteroatoms. The standard InChI is InChI=1S/C11H14NO2.3CH3.Sn/c1-2-14-11(13)10(12)8-9-6-4-3-5-7-9;;;;/h3-6,10H,2,8,12H2,1H3;3*1H3;/t10-;;;;/m0..../s1. The van der Waals surface area contributed by atoms with Gasteiger partial charge in [0.1, 0.15) is 0 Å². The Morgan fingerprint density at radius 1 is 1.33 bits per heavy atom. The number of ether oxygens (including phenoxy) is 1. The Labute approximate surface area is 114 Å². The molecule has 1 aromatic carbocycles. The zero-order chi connectivity index (χ0) is 13.8. The van der Waals surface area contributed by atoms with Crippen LogP contribution in [0.15, 0.2) is 24.3 Å². The van der Waals surface area contributed by atoms with E-state index in [9.17, 15) is 4.79 Å². The summed E-state index contributed by atoms with van der Waals surface area (Å²) in [6.45, 7) is 2.18. The third-order valence-corrected chi connectivity index (χ3v) is 8.86. The second kappa shape index (κ2) is 6.57. The molecule has 0 saturated carbocycles. The molecule has 0 aliphatic heterocycles. The summed E-state index contributed by atoms with van der Waals surface area (Å²) in [4.78, 5) is 18.7. The monoisotopic (exact) mass is 357 g/mol. The molecule has 0 aliphatic rings. The Kier molecular flexibility index (Phi) is 5.66. The van der Waals surface area contributed by atoms with E-state index in [2.05, 4.69) is 33.0 Å². The molecular formula is C14H23NO2Sn. The van der Waals surface area contributed by atoms with E-state index in [-0.39, 0.29) is 5.97 Å². The molecule has 0 aliphatic carbocycles. The van der Waals surface area contributed by atoms with E-state index in [1.807, 2.05) is 6.07 Å². The minimum atomic E-state index is -2.15. The molecular weight excluding hydrogens is 333 g/mol. The number of benzene rings is 1. The van der Waals surface area contributed by atoms with Gasteiger partial charge in [0, 0.05) is 0 Å². The predicted molar refractivity (Wildman–Crippen MR) is 77.7 cm³/mol. The van der Waals surface area contributed by atoms with Crippen molar-refractivity contribution in [1.29, 1.82) is 0 Å². The van der Waals surface area contributed by atoms with Crippen LogP contribution in [0.25, 0.3) is 0 Å². The van der Waals surface area contributed by atoms with Crippen LogP contribution in [0.4, 0.5) is 0 Å². The molecule has 3 nitrogen and oxygen atoms in total. The van der Waals surface area contributed by atoms with Crippen LogP contribution in [0.5, 0.6) is 0 Å². The summed E-state index contributed by atoms with van der Waals surface area (Å²) < 4.78 is 6.39. The third kappa shape index (κ3) is 4.28. The molecule has 0 spiro atoms. The van der Waals surface area contributed by atoms with Crippen LogP contribution in [-0.2, 0) is 16.0 Å². The number of rotatable bonds is 5. The van der Waals surface area contributed by atoms with Gasteiger partial charge in [0.15, 0.2) is 0 Å². The quantitative estimate of drug-likeness (QED) is 0.645. The number of nitrogens with two attached hydrogens (primary N) is 1. The molecule has 0 unspecified atom stereocenters. The zero-order valence-corrected chi connectivity index (χ0v) is 14.5. The first-order valence-corrected chi connectivity index (χ1v) is 16.4. The van der Waals surface area contributed by atoms with Crippen molar-refractivity contribution in [3.8, 4) is 0 Å². The molecule has 0 heterocycles. The van der Waals surface area contributed by atoms with Gasteiger partial charge in [-0.3, -0.25) is 0 Å². The van der Waals surface area contributed by atoms with E-state index in [1.54, 1.807) is 6.92 Å². The van der Waals surface area contributed by atoms with E-state index in [4.69, 9.17) is 10.5 Å². The predicted octanol–water partition coefficient (Wildman–Crippen LogP) is 1.66. The summed E-state index contributed by atoms with van der Waals surface area (Å²) in [6, 6.07) is 7.78. The number of carbonyl (C=O) groups is 1. The van der Waals surface area contributed by atoms with Gasteiger partial charge in [-0.05, 0) is 0 Å². The van der Waals surface area contributed by atoms with Gasteiger partial charge in [-0.15, -0.1) is 0 Å². The fraction of sp³-hybridized carbons (Fsp3) is 0.500. The second-order valence-electron chi connectivity index (χ2n) is 5.47. The van der Waals surface area contributed by atoms with Gasteiger partial charge < -0.3 is 0 Å². The maximum absolute atomic E-state index is 11.6. The van der Waals surface area contributed by atoms with Crippen molar-refractivity contribution in [3.63, 3.8) is 0 Å². The van der Waals surface area contributed by atoms with Crippen LogP contribution >= 0.6 is 0 Å². The van der Waals surface area contributed by atoms with Crippen molar-refractivity contribution in [1.82, 2.24) is 0 Å². The SMILES string of the molecule is CCOC(=O)[C@@H](N)Cc1cccc[c]1[Sn]([CH3])([CH3])[CH3]. The Hall–Kier alpha value is -0.551. The van der Waals surface area contributed by atoms with Crippen molar-refractivity contribution in [3.05, 3.63) is 29.8 Å². The average molecular weight is 356 g/mol. The van der Waals surface area contributed by atoms with Gasteiger partial charge in [0.25, 0.3) is 0 Å². The van der Waals surface area contributed by atoms with Gasteiger partial charge in [-0.25, -0.2) is 0 Å². The molecule has 0 amide bonds. The first-order chi connectivity index (χ1) is 8.36. The van der Waals surface area contributed by atoms with E-state index in [0.717, 1.165) is 0 Å². The van der Waals surface area contributed by atoms with Crippen molar-refractivity contribution in [2.24, 2.45) is 5.73 Å². The van der Waals surface area contributed by atoms with Crippen LogP contribution in [0.2, 0.25) is 14.8 Å². The van der Waals surface area contributed by atoms with Gasteiger partial charge in [-0.2, -0.15) is 0 Å². The fourth-order valence-electron chi connectivity index (χ4n) is 2.00. The molecule has 1 atom stereocenters. The van der Waals surface area contributed by atoms with Crippen LogP contribution in [-0.4, -0.2) is 37.0 Å². The van der Waals surface area contributed by atoms with Crippen LogP contribution in [0.1, 0.15) is 12.5 Å². The van der Waals surface area contributed by atoms with Crippen molar-refractivity contribution < 1.29 is 9.53 Å². The van der Waals surface area contributed by atoms with Crippen LogP contribution < -0.4 is 9.31 Å². The molecule has 0 fully saturated rings. The van der Waals surface area contributed by atoms with Crippen LogP contribution in [0.3, 0.4) is 0 Å². The summed E-state index contributed by atoms with van der Waals surface area (Å²) in [7, 11) is 0. The summed E-state index contributed by atoms with van der Waals surface area (Å²) in [5.74, 6) is -0.309. The summed E-state index contributed by atoms with van der Waals surface area (Å²) >= 11 is -2.15. The van der Waals surface area contributed by atoms with Crippen LogP contribution in [0, 0.1) is 0 Å². The van der Waals surface area contributed by atoms with E-state index in [0.29, 0.717) is 13.0 Å². The molecule has 1 aromatic rings. The van der Waals surface area contributed by atoms with Gasteiger partial charge in [0.05, 0.1) is 0 Å². The van der Waals surface area contributed by atoms with E-state index in [1.165, 1.54) is 9.14 Å². The normalized spacial score (nSPS) is 13.2. The number of esters is 1. The fourth-order valence-corrected chi connectivity index (χ4v) is 6.98. The number of carbonyl (C=O) groups excluding carboxylic acids is 1. The first-order valence-electron chi connectivity index (χ1n) is 6.37. The zero-order valence-electron chi connectivity index (χ0n) is 11.7.